The molecule has 0 saturated carbocycles. The second kappa shape index (κ2) is 7.83. The predicted molar refractivity (Wildman–Crippen MR) is 94.9 cm³/mol. The Kier molecular flexibility index (Phi) is 6.04. The van der Waals surface area contributed by atoms with Crippen LogP contribution in [0.15, 0.2) is 47.6 Å². The van der Waals surface area contributed by atoms with E-state index < -0.39 is 11.7 Å². The molecule has 24 heavy (non-hydrogen) atoms. The van der Waals surface area contributed by atoms with Crippen LogP contribution in [0, 0.1) is 0 Å². The average molecular weight is 392 g/mol. The minimum Gasteiger partial charge on any atom is -0.330 e. The maximum Gasteiger partial charge on any atom is 0.416 e. The van der Waals surface area contributed by atoms with Gasteiger partial charge in [0.25, 0.3) is 0 Å². The number of anilines is 1. The van der Waals surface area contributed by atoms with Crippen molar-refractivity contribution in [1.29, 1.82) is 0 Å². The molecule has 0 aliphatic heterocycles. The summed E-state index contributed by atoms with van der Waals surface area (Å²) in [6.07, 6.45) is -3.01. The van der Waals surface area contributed by atoms with Crippen molar-refractivity contribution < 1.29 is 13.2 Å². The molecular formula is C15H10Cl2F3N3S. The molecule has 0 bridgehead atoms. The van der Waals surface area contributed by atoms with Crippen molar-refractivity contribution in [3.8, 4) is 0 Å². The van der Waals surface area contributed by atoms with Gasteiger partial charge in [0.2, 0.25) is 0 Å². The first-order valence-electron chi connectivity index (χ1n) is 6.48. The molecule has 0 atom stereocenters. The van der Waals surface area contributed by atoms with Crippen LogP contribution < -0.4 is 10.7 Å². The third-order valence-corrected chi connectivity index (χ3v) is 3.53. The summed E-state index contributed by atoms with van der Waals surface area (Å²) in [7, 11) is 0. The molecule has 0 amide bonds. The molecule has 0 aliphatic carbocycles. The number of thiocarbonyl (C=S) groups is 1. The Labute approximate surface area is 151 Å². The summed E-state index contributed by atoms with van der Waals surface area (Å²) in [5.41, 5.74) is 2.42. The first kappa shape index (κ1) is 18.5. The fourth-order valence-electron chi connectivity index (χ4n) is 1.70. The second-order valence-corrected chi connectivity index (χ2v) is 5.82. The highest BCUT2D eigenvalue weighted by atomic mass is 35.5. The molecular weight excluding hydrogens is 382 g/mol. The Morgan fingerprint density at radius 3 is 2.54 bits per heavy atom. The molecule has 2 aromatic carbocycles. The van der Waals surface area contributed by atoms with Gasteiger partial charge in [-0.25, -0.2) is 0 Å². The minimum atomic E-state index is -4.47. The van der Waals surface area contributed by atoms with E-state index in [4.69, 9.17) is 35.4 Å². The standard InChI is InChI=1S/C15H10Cl2F3N3S/c16-11-3-1-2-9(6-11)8-21-23-14(24)22-13-7-10(15(18,19)20)4-5-12(13)17/h1-8H,(H2,22,23,24)/b21-8-. The quantitative estimate of drug-likeness (QED) is 0.421. The summed E-state index contributed by atoms with van der Waals surface area (Å²) in [6, 6.07) is 9.84. The van der Waals surface area contributed by atoms with E-state index in [0.29, 0.717) is 5.02 Å². The smallest absolute Gasteiger partial charge is 0.330 e. The first-order valence-corrected chi connectivity index (χ1v) is 7.64. The zero-order valence-electron chi connectivity index (χ0n) is 11.9. The van der Waals surface area contributed by atoms with E-state index in [1.807, 2.05) is 0 Å². The number of alkyl halides is 3. The third kappa shape index (κ3) is 5.36. The van der Waals surface area contributed by atoms with Crippen molar-refractivity contribution in [3.05, 3.63) is 63.6 Å². The van der Waals surface area contributed by atoms with Crippen molar-refractivity contribution >= 4 is 52.4 Å². The van der Waals surface area contributed by atoms with Crippen LogP contribution in [0.25, 0.3) is 0 Å². The highest BCUT2D eigenvalue weighted by Gasteiger charge is 2.31. The maximum atomic E-state index is 12.7. The largest absolute Gasteiger partial charge is 0.416 e. The van der Waals surface area contributed by atoms with E-state index in [0.717, 1.165) is 23.8 Å². The number of nitrogens with one attached hydrogen (secondary N) is 2. The summed E-state index contributed by atoms with van der Waals surface area (Å²) in [5.74, 6) is 0. The van der Waals surface area contributed by atoms with Gasteiger partial charge >= 0.3 is 6.18 Å². The highest BCUT2D eigenvalue weighted by Crippen LogP contribution is 2.33. The van der Waals surface area contributed by atoms with Gasteiger partial charge in [-0.1, -0.05) is 35.3 Å². The molecule has 2 N–H and O–H groups in total. The Morgan fingerprint density at radius 2 is 1.88 bits per heavy atom. The average Bonchev–Trinajstić information content (AvgIpc) is 2.48. The summed E-state index contributed by atoms with van der Waals surface area (Å²) in [6.45, 7) is 0. The van der Waals surface area contributed by atoms with Crippen LogP contribution in [-0.4, -0.2) is 11.3 Å². The Hall–Kier alpha value is -1.83. The Bertz CT molecular complexity index is 779. The Morgan fingerprint density at radius 1 is 1.12 bits per heavy atom. The number of nitrogens with zero attached hydrogens (tertiary/aromatic N) is 1. The summed E-state index contributed by atoms with van der Waals surface area (Å²) in [5, 5.41) is 7.09. The lowest BCUT2D eigenvalue weighted by Crippen LogP contribution is -2.24. The van der Waals surface area contributed by atoms with Crippen LogP contribution in [-0.2, 0) is 6.18 Å². The molecule has 0 aliphatic rings. The monoisotopic (exact) mass is 391 g/mol. The molecule has 0 fully saturated rings. The fourth-order valence-corrected chi connectivity index (χ4v) is 2.23. The molecule has 2 aromatic rings. The first-order chi connectivity index (χ1) is 11.3. The molecule has 0 radical (unpaired) electrons. The molecule has 0 unspecified atom stereocenters. The fraction of sp³-hybridized carbons (Fsp3) is 0.0667. The summed E-state index contributed by atoms with van der Waals surface area (Å²) >= 11 is 16.7. The zero-order valence-corrected chi connectivity index (χ0v) is 14.2. The minimum absolute atomic E-state index is 0.00509. The normalized spacial score (nSPS) is 11.5. The van der Waals surface area contributed by atoms with Crippen molar-refractivity contribution in [2.24, 2.45) is 5.10 Å². The van der Waals surface area contributed by atoms with E-state index in [1.54, 1.807) is 24.3 Å². The van der Waals surface area contributed by atoms with Crippen LogP contribution in [0.1, 0.15) is 11.1 Å². The molecule has 0 spiro atoms. The molecule has 126 valence electrons. The van der Waals surface area contributed by atoms with E-state index >= 15 is 0 Å². The summed E-state index contributed by atoms with van der Waals surface area (Å²) < 4.78 is 38.1. The summed E-state index contributed by atoms with van der Waals surface area (Å²) in [4.78, 5) is 0. The lowest BCUT2D eigenvalue weighted by molar-refractivity contribution is -0.137. The van der Waals surface area contributed by atoms with Gasteiger partial charge in [-0.15, -0.1) is 0 Å². The van der Waals surface area contributed by atoms with E-state index in [9.17, 15) is 13.2 Å². The molecule has 0 aromatic heterocycles. The van der Waals surface area contributed by atoms with Crippen molar-refractivity contribution in [2.75, 3.05) is 5.32 Å². The Balaban J connectivity index is 2.02. The van der Waals surface area contributed by atoms with Crippen LogP contribution in [0.2, 0.25) is 10.0 Å². The highest BCUT2D eigenvalue weighted by molar-refractivity contribution is 7.80. The molecule has 9 heteroatoms. The number of benzene rings is 2. The van der Waals surface area contributed by atoms with E-state index in [1.165, 1.54) is 6.21 Å². The zero-order chi connectivity index (χ0) is 17.7. The molecule has 0 saturated heterocycles. The van der Waals surface area contributed by atoms with Gasteiger partial charge in [-0.05, 0) is 48.1 Å². The lowest BCUT2D eigenvalue weighted by Gasteiger charge is -2.12. The third-order valence-electron chi connectivity index (χ3n) is 2.77. The molecule has 0 heterocycles. The van der Waals surface area contributed by atoms with E-state index in [2.05, 4.69) is 15.8 Å². The van der Waals surface area contributed by atoms with Crippen LogP contribution >= 0.6 is 35.4 Å². The number of hydrazone groups is 1. The number of hydrogen-bond donors (Lipinski definition) is 2. The van der Waals surface area contributed by atoms with Crippen molar-refractivity contribution in [1.82, 2.24) is 5.43 Å². The number of hydrogen-bond acceptors (Lipinski definition) is 2. The van der Waals surface area contributed by atoms with Crippen LogP contribution in [0.4, 0.5) is 18.9 Å². The van der Waals surface area contributed by atoms with E-state index in [-0.39, 0.29) is 15.8 Å². The van der Waals surface area contributed by atoms with Gasteiger partial charge in [0.05, 0.1) is 22.5 Å². The van der Waals surface area contributed by atoms with Crippen molar-refractivity contribution in [2.45, 2.75) is 6.18 Å². The lowest BCUT2D eigenvalue weighted by atomic mass is 10.2. The topological polar surface area (TPSA) is 36.4 Å². The number of halogens is 5. The van der Waals surface area contributed by atoms with Gasteiger partial charge in [0.15, 0.2) is 5.11 Å². The molecule has 2 rings (SSSR count). The SMILES string of the molecule is FC(F)(F)c1ccc(Cl)c(NC(=S)N/N=C\c2cccc(Cl)c2)c1. The van der Waals surface area contributed by atoms with Crippen molar-refractivity contribution in [3.63, 3.8) is 0 Å². The molecule has 3 nitrogen and oxygen atoms in total. The maximum absolute atomic E-state index is 12.7. The second-order valence-electron chi connectivity index (χ2n) is 4.57. The van der Waals surface area contributed by atoms with Gasteiger partial charge < -0.3 is 5.32 Å². The van der Waals surface area contributed by atoms with Crippen LogP contribution in [0.3, 0.4) is 0 Å². The van der Waals surface area contributed by atoms with Gasteiger partial charge in [-0.2, -0.15) is 18.3 Å². The predicted octanol–water partition coefficient (Wildman–Crippen LogP) is 5.33. The van der Waals surface area contributed by atoms with Gasteiger partial charge in [-0.3, -0.25) is 5.43 Å². The van der Waals surface area contributed by atoms with Crippen LogP contribution in [0.5, 0.6) is 0 Å². The van der Waals surface area contributed by atoms with Gasteiger partial charge in [0, 0.05) is 5.02 Å². The van der Waals surface area contributed by atoms with Gasteiger partial charge in [0.1, 0.15) is 0 Å². The number of rotatable bonds is 3.